The minimum Gasteiger partial charge on any atom is -0.494 e. The molecule has 38 heavy (non-hydrogen) atoms. The molecule has 3 aromatic carbocycles. The van der Waals surface area contributed by atoms with Gasteiger partial charge in [-0.3, -0.25) is 14.2 Å². The molecule has 0 saturated heterocycles. The number of carbonyl (C=O) groups excluding carboxylic acids is 2. The maximum absolute atomic E-state index is 13.2. The van der Waals surface area contributed by atoms with Gasteiger partial charge in [-0.05, 0) is 73.1 Å². The second-order valence-corrected chi connectivity index (χ2v) is 9.16. The van der Waals surface area contributed by atoms with E-state index in [0.717, 1.165) is 29.5 Å². The van der Waals surface area contributed by atoms with Crippen LogP contribution in [0.2, 0.25) is 5.02 Å². The Morgan fingerprint density at radius 1 is 1.08 bits per heavy atom. The highest BCUT2D eigenvalue weighted by Gasteiger charge is 2.18. The Labute approximate surface area is 224 Å². The van der Waals surface area contributed by atoms with Gasteiger partial charge in [-0.1, -0.05) is 23.7 Å². The third-order valence-electron chi connectivity index (χ3n) is 6.11. The van der Waals surface area contributed by atoms with Crippen LogP contribution in [0.4, 0.5) is 0 Å². The molecule has 8 nitrogen and oxygen atoms in total. The van der Waals surface area contributed by atoms with Crippen molar-refractivity contribution in [2.75, 3.05) is 20.3 Å². The Kier molecular flexibility index (Phi) is 7.72. The number of esters is 1. The van der Waals surface area contributed by atoms with E-state index in [1.807, 2.05) is 42.5 Å². The van der Waals surface area contributed by atoms with E-state index in [9.17, 15) is 9.59 Å². The Morgan fingerprint density at radius 3 is 2.68 bits per heavy atom. The fourth-order valence-corrected chi connectivity index (χ4v) is 4.34. The van der Waals surface area contributed by atoms with Crippen LogP contribution in [0.25, 0.3) is 22.0 Å². The maximum Gasteiger partial charge on any atom is 0.310 e. The van der Waals surface area contributed by atoms with Crippen LogP contribution in [-0.2, 0) is 22.5 Å². The molecule has 1 N–H and O–H groups in total. The van der Waals surface area contributed by atoms with Crippen LogP contribution in [0.3, 0.4) is 0 Å². The van der Waals surface area contributed by atoms with Gasteiger partial charge in [-0.15, -0.1) is 0 Å². The van der Waals surface area contributed by atoms with Crippen LogP contribution in [0.5, 0.6) is 5.75 Å². The van der Waals surface area contributed by atoms with Crippen LogP contribution >= 0.6 is 11.6 Å². The van der Waals surface area contributed by atoms with Gasteiger partial charge in [0, 0.05) is 22.2 Å². The van der Waals surface area contributed by atoms with Gasteiger partial charge >= 0.3 is 5.97 Å². The molecular weight excluding hydrogens is 506 g/mol. The van der Waals surface area contributed by atoms with Crippen molar-refractivity contribution in [1.29, 1.82) is 0 Å². The van der Waals surface area contributed by atoms with Crippen molar-refractivity contribution in [2.45, 2.75) is 19.4 Å². The molecule has 0 saturated carbocycles. The Hall–Kier alpha value is -4.14. The molecule has 5 aromatic rings. The number of carbonyl (C=O) groups is 2. The molecule has 0 bridgehead atoms. The van der Waals surface area contributed by atoms with E-state index in [1.54, 1.807) is 30.5 Å². The third kappa shape index (κ3) is 5.72. The predicted octanol–water partition coefficient (Wildman–Crippen LogP) is 5.40. The molecule has 194 valence electrons. The van der Waals surface area contributed by atoms with Gasteiger partial charge in [0.15, 0.2) is 5.58 Å². The normalized spacial score (nSPS) is 11.2. The molecule has 2 heterocycles. The molecule has 2 aromatic heterocycles. The average molecular weight is 532 g/mol. The second kappa shape index (κ2) is 11.5. The highest BCUT2D eigenvalue weighted by molar-refractivity contribution is 6.30. The van der Waals surface area contributed by atoms with Crippen molar-refractivity contribution in [3.05, 3.63) is 95.0 Å². The number of nitrogens with zero attached hydrogens (tertiary/aromatic N) is 2. The second-order valence-electron chi connectivity index (χ2n) is 8.72. The van der Waals surface area contributed by atoms with E-state index in [1.165, 1.54) is 11.7 Å². The van der Waals surface area contributed by atoms with Crippen molar-refractivity contribution >= 4 is 45.5 Å². The lowest BCUT2D eigenvalue weighted by Crippen LogP contribution is -2.17. The first-order valence-corrected chi connectivity index (χ1v) is 12.6. The molecule has 0 atom stereocenters. The fraction of sp³-hybridized carbons (Fsp3) is 0.207. The number of nitrogens with one attached hydrogen (secondary N) is 1. The zero-order valence-electron chi connectivity index (χ0n) is 20.8. The minimum atomic E-state index is -0.390. The van der Waals surface area contributed by atoms with Gasteiger partial charge < -0.3 is 19.2 Å². The lowest BCUT2D eigenvalue weighted by molar-refractivity contribution is -0.139. The molecule has 0 aliphatic rings. The highest BCUT2D eigenvalue weighted by Crippen LogP contribution is 2.28. The summed E-state index contributed by atoms with van der Waals surface area (Å²) in [6.45, 7) is 1.75. The van der Waals surface area contributed by atoms with E-state index in [2.05, 4.69) is 10.3 Å². The number of fused-ring (bicyclic) bond motifs is 2. The number of hydrogen-bond donors (Lipinski definition) is 1. The Bertz CT molecular complexity index is 1560. The zero-order valence-corrected chi connectivity index (χ0v) is 21.5. The molecule has 0 aliphatic carbocycles. The number of hydrogen-bond acceptors (Lipinski definition) is 7. The molecule has 9 heteroatoms. The van der Waals surface area contributed by atoms with Crippen molar-refractivity contribution in [1.82, 2.24) is 14.9 Å². The van der Waals surface area contributed by atoms with Gasteiger partial charge in [0.1, 0.15) is 11.3 Å². The zero-order chi connectivity index (χ0) is 26.5. The Balaban J connectivity index is 1.23. The van der Waals surface area contributed by atoms with E-state index >= 15 is 0 Å². The minimum absolute atomic E-state index is 0.0388. The van der Waals surface area contributed by atoms with Crippen molar-refractivity contribution in [3.63, 3.8) is 0 Å². The number of para-hydroxylation sites is 2. The summed E-state index contributed by atoms with van der Waals surface area (Å²) >= 11 is 5.97. The number of ether oxygens (including phenoxy) is 2. The lowest BCUT2D eigenvalue weighted by atomic mass is 10.1. The van der Waals surface area contributed by atoms with Gasteiger partial charge in [0.2, 0.25) is 5.89 Å². The quantitative estimate of drug-likeness (QED) is 0.190. The summed E-state index contributed by atoms with van der Waals surface area (Å²) in [5.74, 6) is 0.688. The van der Waals surface area contributed by atoms with Crippen LogP contribution in [0, 0.1) is 0 Å². The molecule has 0 radical (unpaired) electrons. The predicted molar refractivity (Wildman–Crippen MR) is 145 cm³/mol. The molecule has 0 aliphatic heterocycles. The number of aromatic nitrogens is 2. The first-order chi connectivity index (χ1) is 18.5. The van der Waals surface area contributed by atoms with Crippen LogP contribution < -0.4 is 10.1 Å². The van der Waals surface area contributed by atoms with E-state index in [4.69, 9.17) is 25.5 Å². The molecular formula is C29H26ClN3O5. The summed E-state index contributed by atoms with van der Waals surface area (Å²) in [4.78, 5) is 29.7. The summed E-state index contributed by atoms with van der Waals surface area (Å²) < 4.78 is 18.1. The average Bonchev–Trinajstić information content (AvgIpc) is 3.51. The Morgan fingerprint density at radius 2 is 1.89 bits per heavy atom. The number of benzene rings is 3. The van der Waals surface area contributed by atoms with Crippen molar-refractivity contribution < 1.29 is 23.5 Å². The molecule has 0 fully saturated rings. The molecule has 0 unspecified atom stereocenters. The van der Waals surface area contributed by atoms with E-state index < -0.39 is 0 Å². The summed E-state index contributed by atoms with van der Waals surface area (Å²) in [5.41, 5.74) is 3.47. The first-order valence-electron chi connectivity index (χ1n) is 12.2. The monoisotopic (exact) mass is 531 g/mol. The summed E-state index contributed by atoms with van der Waals surface area (Å²) in [5, 5.41) is 4.62. The van der Waals surface area contributed by atoms with E-state index in [-0.39, 0.29) is 18.3 Å². The van der Waals surface area contributed by atoms with Crippen LogP contribution in [-0.4, -0.2) is 41.7 Å². The molecule has 0 amide bonds. The van der Waals surface area contributed by atoms with Gasteiger partial charge in [0.25, 0.3) is 5.91 Å². The molecule has 0 spiro atoms. The topological polar surface area (TPSA) is 95.6 Å². The van der Waals surface area contributed by atoms with Crippen LogP contribution in [0.15, 0.2) is 77.3 Å². The largest absolute Gasteiger partial charge is 0.494 e. The van der Waals surface area contributed by atoms with Gasteiger partial charge in [-0.25, -0.2) is 4.98 Å². The first kappa shape index (κ1) is 25.5. The van der Waals surface area contributed by atoms with E-state index in [0.29, 0.717) is 46.5 Å². The van der Waals surface area contributed by atoms with Crippen LogP contribution in [0.1, 0.15) is 28.2 Å². The number of halogens is 1. The fourth-order valence-electron chi connectivity index (χ4n) is 4.21. The molecule has 5 rings (SSSR count). The SMILES string of the molecule is COC(=O)Cc1cn(C(=O)c2ccc(Cl)cc2)c2ccc(OCCCNCc3nc4ccccc4o3)cc12. The summed E-state index contributed by atoms with van der Waals surface area (Å²) in [7, 11) is 1.34. The number of oxazole rings is 1. The summed E-state index contributed by atoms with van der Waals surface area (Å²) in [6, 6.07) is 19.9. The van der Waals surface area contributed by atoms with Gasteiger partial charge in [-0.2, -0.15) is 0 Å². The summed E-state index contributed by atoms with van der Waals surface area (Å²) in [6.07, 6.45) is 2.48. The maximum atomic E-state index is 13.2. The van der Waals surface area contributed by atoms with Crippen molar-refractivity contribution in [3.8, 4) is 5.75 Å². The smallest absolute Gasteiger partial charge is 0.310 e. The standard InChI is InChI=1S/C29H26ClN3O5/c1-36-28(34)15-20-18-33(29(35)19-7-9-21(30)10-8-19)25-12-11-22(16-23(20)25)37-14-4-13-31-17-27-32-24-5-2-3-6-26(24)38-27/h2-3,5-12,16,18,31H,4,13-15,17H2,1H3. The number of methoxy groups -OCH3 is 1. The highest BCUT2D eigenvalue weighted by atomic mass is 35.5. The van der Waals surface area contributed by atoms with Gasteiger partial charge in [0.05, 0.1) is 32.2 Å². The van der Waals surface area contributed by atoms with Crippen molar-refractivity contribution in [2.24, 2.45) is 0 Å². The third-order valence-corrected chi connectivity index (χ3v) is 6.36. The number of rotatable bonds is 10. The lowest BCUT2D eigenvalue weighted by Gasteiger charge is -2.08.